The van der Waals surface area contributed by atoms with Gasteiger partial charge in [0.2, 0.25) is 11.9 Å². The van der Waals surface area contributed by atoms with Crippen molar-refractivity contribution < 1.29 is 13.6 Å². The Labute approximate surface area is 109 Å². The molecular weight excluding hydrogens is 277 g/mol. The number of aromatic nitrogens is 3. The van der Waals surface area contributed by atoms with Gasteiger partial charge in [0.15, 0.2) is 0 Å². The highest BCUT2D eigenvalue weighted by Gasteiger charge is 2.25. The highest BCUT2D eigenvalue weighted by molar-refractivity contribution is 8.54. The quantitative estimate of drug-likeness (QED) is 0.718. The number of hydrogen-bond acceptors (Lipinski definition) is 9. The molecule has 0 unspecified atom stereocenters. The number of nitrogens with zero attached hydrogens (tertiary/aromatic N) is 3. The van der Waals surface area contributed by atoms with Crippen LogP contribution in [0.5, 0.6) is 0 Å². The zero-order valence-electron chi connectivity index (χ0n) is 10.2. The van der Waals surface area contributed by atoms with Gasteiger partial charge in [0.25, 0.3) is 0 Å². The highest BCUT2D eigenvalue weighted by atomic mass is 32.7. The van der Waals surface area contributed by atoms with Crippen LogP contribution in [0.2, 0.25) is 0 Å². The standard InChI is InChI=1S/C8H16N5O3PS/c1-3-15-17(14,16-4-2)18-5-6-11-7(9)13-8(10)12-6/h3-5H2,1-2H3,(H4,9,10,11,12,13). The molecule has 1 rings (SSSR count). The zero-order chi connectivity index (χ0) is 13.6. The van der Waals surface area contributed by atoms with E-state index in [4.69, 9.17) is 20.5 Å². The third-order valence-electron chi connectivity index (χ3n) is 1.64. The van der Waals surface area contributed by atoms with E-state index in [1.165, 1.54) is 0 Å². The second kappa shape index (κ2) is 6.89. The summed E-state index contributed by atoms with van der Waals surface area (Å²) in [5.74, 6) is 0.611. The van der Waals surface area contributed by atoms with E-state index in [1.54, 1.807) is 13.8 Å². The first-order chi connectivity index (χ1) is 8.49. The van der Waals surface area contributed by atoms with Gasteiger partial charge in [0.05, 0.1) is 19.0 Å². The minimum atomic E-state index is -3.18. The van der Waals surface area contributed by atoms with Gasteiger partial charge in [-0.05, 0) is 25.2 Å². The highest BCUT2D eigenvalue weighted by Crippen LogP contribution is 2.61. The van der Waals surface area contributed by atoms with Gasteiger partial charge in [-0.2, -0.15) is 15.0 Å². The van der Waals surface area contributed by atoms with E-state index in [0.717, 1.165) is 11.4 Å². The van der Waals surface area contributed by atoms with E-state index in [0.29, 0.717) is 19.0 Å². The van der Waals surface area contributed by atoms with Gasteiger partial charge >= 0.3 is 6.80 Å². The Hall–Kier alpha value is -0.890. The van der Waals surface area contributed by atoms with Gasteiger partial charge < -0.3 is 20.5 Å². The van der Waals surface area contributed by atoms with E-state index in [-0.39, 0.29) is 17.6 Å². The van der Waals surface area contributed by atoms with E-state index >= 15 is 0 Å². The van der Waals surface area contributed by atoms with E-state index in [1.807, 2.05) is 0 Å². The summed E-state index contributed by atoms with van der Waals surface area (Å²) in [5, 5.41) is 0. The molecule has 0 aromatic carbocycles. The van der Waals surface area contributed by atoms with Crippen LogP contribution in [0.4, 0.5) is 11.9 Å². The van der Waals surface area contributed by atoms with Crippen molar-refractivity contribution in [3.63, 3.8) is 0 Å². The molecule has 10 heteroatoms. The molecule has 4 N–H and O–H groups in total. The Bertz CT molecular complexity index is 416. The molecule has 0 atom stereocenters. The van der Waals surface area contributed by atoms with Gasteiger partial charge in [-0.15, -0.1) is 0 Å². The van der Waals surface area contributed by atoms with Gasteiger partial charge in [0, 0.05) is 0 Å². The molecule has 0 aliphatic heterocycles. The van der Waals surface area contributed by atoms with Crippen molar-refractivity contribution in [2.24, 2.45) is 0 Å². The van der Waals surface area contributed by atoms with Gasteiger partial charge in [-0.3, -0.25) is 0 Å². The van der Waals surface area contributed by atoms with Crippen molar-refractivity contribution >= 4 is 30.1 Å². The Morgan fingerprint density at radius 1 is 1.11 bits per heavy atom. The molecule has 0 saturated carbocycles. The minimum Gasteiger partial charge on any atom is -0.368 e. The summed E-state index contributed by atoms with van der Waals surface area (Å²) in [5.41, 5.74) is 10.9. The van der Waals surface area contributed by atoms with Crippen molar-refractivity contribution in [3.05, 3.63) is 5.82 Å². The third kappa shape index (κ3) is 4.77. The van der Waals surface area contributed by atoms with Crippen LogP contribution in [0.1, 0.15) is 19.7 Å². The first kappa shape index (κ1) is 15.2. The Morgan fingerprint density at radius 3 is 2.06 bits per heavy atom. The van der Waals surface area contributed by atoms with Gasteiger partial charge in [0.1, 0.15) is 5.82 Å². The summed E-state index contributed by atoms with van der Waals surface area (Å²) >= 11 is 0.991. The van der Waals surface area contributed by atoms with E-state index in [9.17, 15) is 4.57 Å². The lowest BCUT2D eigenvalue weighted by Crippen LogP contribution is -2.06. The van der Waals surface area contributed by atoms with Crippen molar-refractivity contribution in [2.75, 3.05) is 24.7 Å². The van der Waals surface area contributed by atoms with Gasteiger partial charge in [-0.1, -0.05) is 0 Å². The van der Waals surface area contributed by atoms with Crippen LogP contribution in [-0.2, 0) is 19.4 Å². The fraction of sp³-hybridized carbons (Fsp3) is 0.625. The normalized spacial score (nSPS) is 11.7. The van der Waals surface area contributed by atoms with Crippen LogP contribution in [0.3, 0.4) is 0 Å². The number of nitrogen functional groups attached to an aromatic ring is 2. The molecule has 0 aliphatic rings. The maximum absolute atomic E-state index is 12.1. The maximum Gasteiger partial charge on any atom is 0.389 e. The van der Waals surface area contributed by atoms with Gasteiger partial charge in [-0.25, -0.2) is 4.57 Å². The molecule has 1 aromatic rings. The summed E-state index contributed by atoms with van der Waals surface area (Å²) in [6, 6.07) is 0. The maximum atomic E-state index is 12.1. The fourth-order valence-electron chi connectivity index (χ4n) is 1.09. The van der Waals surface area contributed by atoms with Crippen molar-refractivity contribution in [2.45, 2.75) is 19.6 Å². The SMILES string of the molecule is CCOP(=O)(OCC)SCc1nc(N)nc(N)n1. The Kier molecular flexibility index (Phi) is 5.80. The second-order valence-electron chi connectivity index (χ2n) is 3.02. The monoisotopic (exact) mass is 293 g/mol. The molecule has 102 valence electrons. The van der Waals surface area contributed by atoms with Crippen LogP contribution >= 0.6 is 18.2 Å². The lowest BCUT2D eigenvalue weighted by Gasteiger charge is -2.15. The molecule has 0 aliphatic carbocycles. The fourth-order valence-corrected chi connectivity index (χ4v) is 4.25. The largest absolute Gasteiger partial charge is 0.389 e. The second-order valence-corrected chi connectivity index (χ2v) is 7.10. The van der Waals surface area contributed by atoms with Crippen LogP contribution in [0.15, 0.2) is 0 Å². The predicted molar refractivity (Wildman–Crippen MR) is 70.8 cm³/mol. The van der Waals surface area contributed by atoms with Crippen LogP contribution in [-0.4, -0.2) is 28.2 Å². The number of anilines is 2. The summed E-state index contributed by atoms with van der Waals surface area (Å²) in [6.45, 7) is 0.897. The number of hydrogen-bond donors (Lipinski definition) is 2. The first-order valence-electron chi connectivity index (χ1n) is 5.28. The summed E-state index contributed by atoms with van der Waals surface area (Å²) in [4.78, 5) is 11.4. The van der Waals surface area contributed by atoms with Crippen molar-refractivity contribution in [1.82, 2.24) is 15.0 Å². The molecule has 0 fully saturated rings. The van der Waals surface area contributed by atoms with Crippen LogP contribution in [0.25, 0.3) is 0 Å². The molecule has 8 nitrogen and oxygen atoms in total. The summed E-state index contributed by atoms with van der Waals surface area (Å²) in [7, 11) is 0. The third-order valence-corrected chi connectivity index (χ3v) is 5.46. The average Bonchev–Trinajstić information content (AvgIpc) is 2.26. The molecule has 0 saturated heterocycles. The van der Waals surface area contributed by atoms with Crippen molar-refractivity contribution in [1.29, 1.82) is 0 Å². The summed E-state index contributed by atoms with van der Waals surface area (Å²) < 4.78 is 22.4. The van der Waals surface area contributed by atoms with Crippen LogP contribution < -0.4 is 11.5 Å². The smallest absolute Gasteiger partial charge is 0.368 e. The summed E-state index contributed by atoms with van der Waals surface area (Å²) in [6.07, 6.45) is 0. The van der Waals surface area contributed by atoms with Crippen LogP contribution in [0, 0.1) is 0 Å². The predicted octanol–water partition coefficient (Wildman–Crippen LogP) is 1.45. The molecule has 0 spiro atoms. The lowest BCUT2D eigenvalue weighted by atomic mass is 10.7. The Balaban J connectivity index is 2.69. The topological polar surface area (TPSA) is 126 Å². The number of rotatable bonds is 7. The van der Waals surface area contributed by atoms with E-state index in [2.05, 4.69) is 15.0 Å². The lowest BCUT2D eigenvalue weighted by molar-refractivity contribution is 0.237. The molecule has 18 heavy (non-hydrogen) atoms. The van der Waals surface area contributed by atoms with Crippen molar-refractivity contribution in [3.8, 4) is 0 Å². The average molecular weight is 293 g/mol. The molecule has 0 bridgehead atoms. The number of nitrogens with two attached hydrogens (primary N) is 2. The molecule has 0 radical (unpaired) electrons. The zero-order valence-corrected chi connectivity index (χ0v) is 11.9. The minimum absolute atomic E-state index is 0.0285. The molecule has 0 amide bonds. The molecule has 1 aromatic heterocycles. The first-order valence-corrected chi connectivity index (χ1v) is 8.42. The molecule has 1 heterocycles. The molecular formula is C8H16N5O3PS. The van der Waals surface area contributed by atoms with E-state index < -0.39 is 6.80 Å². The Morgan fingerprint density at radius 2 is 1.61 bits per heavy atom.